The van der Waals surface area contributed by atoms with Gasteiger partial charge in [-0.1, -0.05) is 0 Å². The predicted octanol–water partition coefficient (Wildman–Crippen LogP) is 4.50. The second-order valence-electron chi connectivity index (χ2n) is 4.45. The lowest BCUT2D eigenvalue weighted by Gasteiger charge is -2.14. The maximum absolute atomic E-state index is 5.61. The first kappa shape index (κ1) is 13.4. The summed E-state index contributed by atoms with van der Waals surface area (Å²) < 4.78 is 7.82. The van der Waals surface area contributed by atoms with Crippen molar-refractivity contribution in [3.63, 3.8) is 0 Å². The third-order valence-electron chi connectivity index (χ3n) is 2.98. The molecule has 1 saturated heterocycles. The fourth-order valence-electron chi connectivity index (χ4n) is 2.10. The average molecular weight is 363 g/mol. The van der Waals surface area contributed by atoms with Crippen LogP contribution in [0.25, 0.3) is 0 Å². The molecule has 0 amide bonds. The summed E-state index contributed by atoms with van der Waals surface area (Å²) in [6, 6.07) is 4.25. The second-order valence-corrected chi connectivity index (χ2v) is 6.16. The van der Waals surface area contributed by atoms with Crippen LogP contribution in [0.2, 0.25) is 0 Å². The maximum Gasteiger partial charge on any atom is 0.0629 e. The molecule has 0 radical (unpaired) electrons. The van der Waals surface area contributed by atoms with Crippen LogP contribution in [-0.4, -0.2) is 19.3 Å². The van der Waals surface area contributed by atoms with Crippen LogP contribution in [0.1, 0.15) is 24.8 Å². The normalized spacial score (nSPS) is 19.6. The van der Waals surface area contributed by atoms with E-state index in [1.807, 2.05) is 0 Å². The average Bonchev–Trinajstić information content (AvgIpc) is 2.74. The van der Waals surface area contributed by atoms with E-state index >= 15 is 0 Å². The molecule has 0 saturated carbocycles. The van der Waals surface area contributed by atoms with Gasteiger partial charge in [-0.3, -0.25) is 0 Å². The highest BCUT2D eigenvalue weighted by Gasteiger charge is 2.15. The van der Waals surface area contributed by atoms with Gasteiger partial charge in [0, 0.05) is 22.1 Å². The van der Waals surface area contributed by atoms with Crippen molar-refractivity contribution in [1.82, 2.24) is 0 Å². The molecule has 1 unspecified atom stereocenters. The van der Waals surface area contributed by atoms with Crippen molar-refractivity contribution < 1.29 is 4.74 Å². The highest BCUT2D eigenvalue weighted by atomic mass is 79.9. The van der Waals surface area contributed by atoms with E-state index in [9.17, 15) is 0 Å². The van der Waals surface area contributed by atoms with Crippen LogP contribution in [-0.2, 0) is 4.74 Å². The van der Waals surface area contributed by atoms with Gasteiger partial charge in [0.25, 0.3) is 0 Å². The molecule has 1 atom stereocenters. The van der Waals surface area contributed by atoms with Gasteiger partial charge >= 0.3 is 0 Å². The summed E-state index contributed by atoms with van der Waals surface area (Å²) >= 11 is 7.18. The number of aryl methyl sites for hydroxylation is 1. The first-order chi connectivity index (χ1) is 8.16. The molecule has 4 heteroatoms. The Bertz CT molecular complexity index is 366. The van der Waals surface area contributed by atoms with Crippen molar-refractivity contribution >= 4 is 37.5 Å². The molecular formula is C13H17Br2NO. The number of hydrogen-bond donors (Lipinski definition) is 1. The molecule has 1 aromatic rings. The summed E-state index contributed by atoms with van der Waals surface area (Å²) in [7, 11) is 0. The van der Waals surface area contributed by atoms with Crippen LogP contribution >= 0.6 is 31.9 Å². The molecule has 1 N–H and O–H groups in total. The summed E-state index contributed by atoms with van der Waals surface area (Å²) in [6.07, 6.45) is 3.94. The molecule has 1 heterocycles. The van der Waals surface area contributed by atoms with Crippen molar-refractivity contribution in [2.24, 2.45) is 0 Å². The van der Waals surface area contributed by atoms with Gasteiger partial charge in [-0.2, -0.15) is 0 Å². The third kappa shape index (κ3) is 3.70. The van der Waals surface area contributed by atoms with Crippen LogP contribution in [0.5, 0.6) is 0 Å². The Morgan fingerprint density at radius 2 is 2.06 bits per heavy atom. The molecule has 2 rings (SSSR count). The number of ether oxygens (including phenoxy) is 1. The number of anilines is 1. The minimum absolute atomic E-state index is 0.450. The quantitative estimate of drug-likeness (QED) is 0.851. The molecule has 0 aromatic heterocycles. The van der Waals surface area contributed by atoms with Gasteiger partial charge < -0.3 is 10.1 Å². The lowest BCUT2D eigenvalue weighted by molar-refractivity contribution is 0.107. The summed E-state index contributed by atoms with van der Waals surface area (Å²) in [6.45, 7) is 3.97. The van der Waals surface area contributed by atoms with Crippen molar-refractivity contribution in [2.45, 2.75) is 32.3 Å². The van der Waals surface area contributed by atoms with E-state index in [1.54, 1.807) is 0 Å². The molecule has 1 aliphatic heterocycles. The van der Waals surface area contributed by atoms with Crippen LogP contribution in [0.4, 0.5) is 5.69 Å². The molecule has 17 heavy (non-hydrogen) atoms. The minimum Gasteiger partial charge on any atom is -0.383 e. The highest BCUT2D eigenvalue weighted by molar-refractivity contribution is 9.11. The topological polar surface area (TPSA) is 21.3 Å². The zero-order chi connectivity index (χ0) is 12.3. The van der Waals surface area contributed by atoms with Gasteiger partial charge in [-0.25, -0.2) is 0 Å². The third-order valence-corrected chi connectivity index (χ3v) is 4.23. The first-order valence-corrected chi connectivity index (χ1v) is 7.56. The smallest absolute Gasteiger partial charge is 0.0629 e. The standard InChI is InChI=1S/C13H17Br2NO/c1-9-7-11(14)13(12(15)8-9)16-5-4-10-3-2-6-17-10/h7-8,10,16H,2-6H2,1H3. The van der Waals surface area contributed by atoms with Crippen LogP contribution in [0.15, 0.2) is 21.1 Å². The highest BCUT2D eigenvalue weighted by Crippen LogP contribution is 2.32. The Kier molecular flexibility index (Phi) is 4.88. The Balaban J connectivity index is 1.89. The molecule has 2 nitrogen and oxygen atoms in total. The number of rotatable bonds is 4. The monoisotopic (exact) mass is 361 g/mol. The summed E-state index contributed by atoms with van der Waals surface area (Å²) in [5.74, 6) is 0. The van der Waals surface area contributed by atoms with E-state index in [0.717, 1.165) is 34.2 Å². The minimum atomic E-state index is 0.450. The van der Waals surface area contributed by atoms with Crippen molar-refractivity contribution in [2.75, 3.05) is 18.5 Å². The van der Waals surface area contributed by atoms with Crippen molar-refractivity contribution in [1.29, 1.82) is 0 Å². The van der Waals surface area contributed by atoms with Gasteiger partial charge in [0.05, 0.1) is 11.8 Å². The Labute approximate surface area is 119 Å². The van der Waals surface area contributed by atoms with Gasteiger partial charge in [0.1, 0.15) is 0 Å². The van der Waals surface area contributed by atoms with Crippen LogP contribution in [0.3, 0.4) is 0 Å². The number of nitrogens with one attached hydrogen (secondary N) is 1. The Morgan fingerprint density at radius 3 is 2.65 bits per heavy atom. The van der Waals surface area contributed by atoms with E-state index in [0.29, 0.717) is 6.10 Å². The molecule has 0 spiro atoms. The zero-order valence-corrected chi connectivity index (χ0v) is 13.1. The predicted molar refractivity (Wildman–Crippen MR) is 78.7 cm³/mol. The van der Waals surface area contributed by atoms with Crippen molar-refractivity contribution in [3.8, 4) is 0 Å². The second kappa shape index (κ2) is 6.21. The van der Waals surface area contributed by atoms with E-state index in [1.165, 1.54) is 18.4 Å². The molecule has 0 bridgehead atoms. The van der Waals surface area contributed by atoms with Gasteiger partial charge in [-0.05, 0) is 75.7 Å². The molecule has 1 aliphatic rings. The zero-order valence-electron chi connectivity index (χ0n) is 9.93. The van der Waals surface area contributed by atoms with Gasteiger partial charge in [-0.15, -0.1) is 0 Å². The van der Waals surface area contributed by atoms with E-state index < -0.39 is 0 Å². The molecule has 94 valence electrons. The lowest BCUT2D eigenvalue weighted by Crippen LogP contribution is -2.12. The van der Waals surface area contributed by atoms with E-state index in [-0.39, 0.29) is 0 Å². The molecule has 1 aromatic carbocycles. The van der Waals surface area contributed by atoms with Crippen molar-refractivity contribution in [3.05, 3.63) is 26.6 Å². The fourth-order valence-corrected chi connectivity index (χ4v) is 3.79. The lowest BCUT2D eigenvalue weighted by atomic mass is 10.2. The fraction of sp³-hybridized carbons (Fsp3) is 0.538. The molecule has 1 fully saturated rings. The van der Waals surface area contributed by atoms with Gasteiger partial charge in [0.2, 0.25) is 0 Å². The van der Waals surface area contributed by atoms with E-state index in [2.05, 4.69) is 56.2 Å². The number of hydrogen-bond acceptors (Lipinski definition) is 2. The number of benzene rings is 1. The van der Waals surface area contributed by atoms with E-state index in [4.69, 9.17) is 4.74 Å². The summed E-state index contributed by atoms with van der Waals surface area (Å²) in [4.78, 5) is 0. The Morgan fingerprint density at radius 1 is 1.35 bits per heavy atom. The molecule has 0 aliphatic carbocycles. The van der Waals surface area contributed by atoms with Crippen LogP contribution < -0.4 is 5.32 Å². The first-order valence-electron chi connectivity index (χ1n) is 5.98. The van der Waals surface area contributed by atoms with Crippen LogP contribution in [0, 0.1) is 6.92 Å². The summed E-state index contributed by atoms with van der Waals surface area (Å²) in [5, 5.41) is 3.46. The largest absolute Gasteiger partial charge is 0.383 e. The maximum atomic E-state index is 5.61. The Hall–Kier alpha value is -0.0600. The number of halogens is 2. The van der Waals surface area contributed by atoms with Gasteiger partial charge in [0.15, 0.2) is 0 Å². The summed E-state index contributed by atoms with van der Waals surface area (Å²) in [5.41, 5.74) is 2.38. The molecular weight excluding hydrogens is 346 g/mol. The SMILES string of the molecule is Cc1cc(Br)c(NCCC2CCCO2)c(Br)c1.